The summed E-state index contributed by atoms with van der Waals surface area (Å²) in [5.41, 5.74) is 4.45. The maximum absolute atomic E-state index is 13.2. The zero-order valence-electron chi connectivity index (χ0n) is 19.4. The molecule has 2 aliphatic rings. The summed E-state index contributed by atoms with van der Waals surface area (Å²) < 4.78 is 2.16. The topological polar surface area (TPSA) is 44.6 Å². The van der Waals surface area contributed by atoms with Crippen LogP contribution in [0.5, 0.6) is 0 Å². The average molecular weight is 432 g/mol. The van der Waals surface area contributed by atoms with Crippen LogP contribution in [0, 0.1) is 5.92 Å². The molecule has 32 heavy (non-hydrogen) atoms. The van der Waals surface area contributed by atoms with Gasteiger partial charge in [0.2, 0.25) is 5.91 Å². The van der Waals surface area contributed by atoms with Crippen LogP contribution in [0.15, 0.2) is 48.5 Å². The van der Waals surface area contributed by atoms with Crippen molar-refractivity contribution >= 4 is 22.6 Å². The lowest BCUT2D eigenvalue weighted by atomic mass is 9.96. The number of likely N-dealkylation sites (tertiary alicyclic amines) is 1. The normalized spacial score (nSPS) is 21.6. The van der Waals surface area contributed by atoms with Gasteiger partial charge in [-0.3, -0.25) is 4.79 Å². The van der Waals surface area contributed by atoms with E-state index in [4.69, 9.17) is 4.98 Å². The highest BCUT2D eigenvalue weighted by Crippen LogP contribution is 2.30. The molecule has 3 aromatic rings. The van der Waals surface area contributed by atoms with Crippen molar-refractivity contribution in [3.05, 3.63) is 48.5 Å². The number of imidazole rings is 1. The van der Waals surface area contributed by atoms with Crippen molar-refractivity contribution in [2.24, 2.45) is 13.0 Å². The monoisotopic (exact) mass is 431 g/mol. The first-order valence-corrected chi connectivity index (χ1v) is 11.7. The molecule has 0 radical (unpaired) electrons. The Bertz CT molecular complexity index is 1120. The Hall–Kier alpha value is -2.86. The standard InChI is InChI=1S/C26H33N5O/c1-28(2)22-13-15-31(18-22)26(32)20-9-7-14-30(17-20)21-10-6-8-19(16-21)25-27-23-11-4-5-12-24(23)29(25)3/h4-6,8,10-12,16,20,22H,7,9,13-15,17-18H2,1-3H3/t20-,22?/m0/s1. The largest absolute Gasteiger partial charge is 0.371 e. The molecule has 168 valence electrons. The molecule has 2 aliphatic heterocycles. The SMILES string of the molecule is CN(C)C1CCN(C(=O)[C@H]2CCCN(c3cccc(-c4nc5ccccc5n4C)c3)C2)C1. The molecule has 3 heterocycles. The molecule has 5 rings (SSSR count). The lowest BCUT2D eigenvalue weighted by Crippen LogP contribution is -2.45. The fourth-order valence-electron chi connectivity index (χ4n) is 5.28. The second-order valence-corrected chi connectivity index (χ2v) is 9.51. The second-order valence-electron chi connectivity index (χ2n) is 9.51. The van der Waals surface area contributed by atoms with Crippen molar-refractivity contribution in [1.29, 1.82) is 0 Å². The van der Waals surface area contributed by atoms with Gasteiger partial charge in [-0.15, -0.1) is 0 Å². The smallest absolute Gasteiger partial charge is 0.227 e. The molecule has 2 aromatic carbocycles. The maximum atomic E-state index is 13.2. The molecule has 1 aromatic heterocycles. The number of likely N-dealkylation sites (N-methyl/N-ethyl adjacent to an activating group) is 1. The van der Waals surface area contributed by atoms with Gasteiger partial charge >= 0.3 is 0 Å². The summed E-state index contributed by atoms with van der Waals surface area (Å²) in [4.78, 5) is 24.8. The molecule has 0 aliphatic carbocycles. The Labute approximate surface area is 190 Å². The third-order valence-electron chi connectivity index (χ3n) is 7.23. The lowest BCUT2D eigenvalue weighted by Gasteiger charge is -2.35. The molecule has 6 nitrogen and oxygen atoms in total. The van der Waals surface area contributed by atoms with Gasteiger partial charge in [-0.1, -0.05) is 24.3 Å². The van der Waals surface area contributed by atoms with E-state index in [9.17, 15) is 4.79 Å². The van der Waals surface area contributed by atoms with E-state index in [1.165, 1.54) is 5.69 Å². The number of carbonyl (C=O) groups is 1. The van der Waals surface area contributed by atoms with Gasteiger partial charge in [0, 0.05) is 50.5 Å². The van der Waals surface area contributed by atoms with E-state index in [-0.39, 0.29) is 5.92 Å². The molecule has 0 spiro atoms. The van der Waals surface area contributed by atoms with Crippen molar-refractivity contribution in [2.45, 2.75) is 25.3 Å². The number of carbonyl (C=O) groups excluding carboxylic acids is 1. The van der Waals surface area contributed by atoms with Gasteiger partial charge in [-0.2, -0.15) is 0 Å². The molecule has 0 bridgehead atoms. The first-order chi connectivity index (χ1) is 15.5. The molecule has 2 saturated heterocycles. The van der Waals surface area contributed by atoms with Gasteiger partial charge in [0.15, 0.2) is 0 Å². The summed E-state index contributed by atoms with van der Waals surface area (Å²) in [6.45, 7) is 3.55. The van der Waals surface area contributed by atoms with Crippen LogP contribution in [0.1, 0.15) is 19.3 Å². The summed E-state index contributed by atoms with van der Waals surface area (Å²) in [6, 6.07) is 17.4. The summed E-state index contributed by atoms with van der Waals surface area (Å²) in [7, 11) is 6.29. The third kappa shape index (κ3) is 3.88. The Morgan fingerprint density at radius 2 is 1.88 bits per heavy atom. The number of rotatable bonds is 4. The average Bonchev–Trinajstić information content (AvgIpc) is 3.45. The fourth-order valence-corrected chi connectivity index (χ4v) is 5.28. The molecule has 0 N–H and O–H groups in total. The number of amides is 1. The number of aryl methyl sites for hydroxylation is 1. The maximum Gasteiger partial charge on any atom is 0.227 e. The molecule has 6 heteroatoms. The van der Waals surface area contributed by atoms with Crippen LogP contribution < -0.4 is 4.90 Å². The van der Waals surface area contributed by atoms with E-state index < -0.39 is 0 Å². The summed E-state index contributed by atoms with van der Waals surface area (Å²) >= 11 is 0. The van der Waals surface area contributed by atoms with Crippen LogP contribution in [0.4, 0.5) is 5.69 Å². The Morgan fingerprint density at radius 1 is 1.03 bits per heavy atom. The van der Waals surface area contributed by atoms with E-state index in [0.717, 1.165) is 67.9 Å². The number of para-hydroxylation sites is 2. The minimum absolute atomic E-state index is 0.0871. The molecular formula is C26H33N5O. The number of hydrogen-bond acceptors (Lipinski definition) is 4. The Balaban J connectivity index is 1.34. The molecule has 2 atom stereocenters. The highest BCUT2D eigenvalue weighted by molar-refractivity contribution is 5.82. The minimum Gasteiger partial charge on any atom is -0.371 e. The van der Waals surface area contributed by atoms with Crippen LogP contribution in [0.2, 0.25) is 0 Å². The van der Waals surface area contributed by atoms with Crippen molar-refractivity contribution in [1.82, 2.24) is 19.4 Å². The van der Waals surface area contributed by atoms with Crippen LogP contribution in [-0.4, -0.2) is 71.6 Å². The third-order valence-corrected chi connectivity index (χ3v) is 7.23. The Morgan fingerprint density at radius 3 is 2.66 bits per heavy atom. The number of anilines is 1. The lowest BCUT2D eigenvalue weighted by molar-refractivity contribution is -0.134. The van der Waals surface area contributed by atoms with Crippen molar-refractivity contribution in [2.75, 3.05) is 45.2 Å². The highest BCUT2D eigenvalue weighted by Gasteiger charge is 2.34. The van der Waals surface area contributed by atoms with Crippen LogP contribution in [0.3, 0.4) is 0 Å². The highest BCUT2D eigenvalue weighted by atomic mass is 16.2. The first kappa shape index (κ1) is 21.0. The van der Waals surface area contributed by atoms with Gasteiger partial charge in [0.05, 0.1) is 17.0 Å². The van der Waals surface area contributed by atoms with E-state index in [1.54, 1.807) is 0 Å². The van der Waals surface area contributed by atoms with Crippen molar-refractivity contribution in [3.63, 3.8) is 0 Å². The van der Waals surface area contributed by atoms with E-state index in [1.807, 2.05) is 6.07 Å². The quantitative estimate of drug-likeness (QED) is 0.633. The fraction of sp³-hybridized carbons (Fsp3) is 0.462. The van der Waals surface area contributed by atoms with E-state index >= 15 is 0 Å². The minimum atomic E-state index is 0.0871. The molecule has 0 saturated carbocycles. The van der Waals surface area contributed by atoms with Gasteiger partial charge in [-0.05, 0) is 57.6 Å². The molecular weight excluding hydrogens is 398 g/mol. The number of nitrogens with zero attached hydrogens (tertiary/aromatic N) is 5. The Kier molecular flexibility index (Phi) is 5.64. The number of piperidine rings is 1. The van der Waals surface area contributed by atoms with Crippen LogP contribution in [-0.2, 0) is 11.8 Å². The number of hydrogen-bond donors (Lipinski definition) is 0. The molecule has 1 unspecified atom stereocenters. The summed E-state index contributed by atoms with van der Waals surface area (Å²) in [5, 5.41) is 0. The van der Waals surface area contributed by atoms with Crippen LogP contribution >= 0.6 is 0 Å². The van der Waals surface area contributed by atoms with Gasteiger partial charge in [-0.25, -0.2) is 4.98 Å². The van der Waals surface area contributed by atoms with Crippen molar-refractivity contribution in [3.8, 4) is 11.4 Å². The predicted molar refractivity (Wildman–Crippen MR) is 130 cm³/mol. The zero-order valence-corrected chi connectivity index (χ0v) is 19.4. The zero-order chi connectivity index (χ0) is 22.2. The van der Waals surface area contributed by atoms with Gasteiger partial charge < -0.3 is 19.3 Å². The summed E-state index contributed by atoms with van der Waals surface area (Å²) in [5.74, 6) is 1.40. The summed E-state index contributed by atoms with van der Waals surface area (Å²) in [6.07, 6.45) is 3.12. The number of aromatic nitrogens is 2. The number of fused-ring (bicyclic) bond motifs is 1. The van der Waals surface area contributed by atoms with Gasteiger partial charge in [0.1, 0.15) is 5.82 Å². The molecule has 1 amide bonds. The second kappa shape index (κ2) is 8.58. The van der Waals surface area contributed by atoms with E-state index in [0.29, 0.717) is 11.9 Å². The van der Waals surface area contributed by atoms with Crippen molar-refractivity contribution < 1.29 is 4.79 Å². The van der Waals surface area contributed by atoms with E-state index in [2.05, 4.69) is 82.9 Å². The number of benzene rings is 2. The van der Waals surface area contributed by atoms with Gasteiger partial charge in [0.25, 0.3) is 0 Å². The van der Waals surface area contributed by atoms with Crippen LogP contribution in [0.25, 0.3) is 22.4 Å². The predicted octanol–water partition coefficient (Wildman–Crippen LogP) is 3.62. The first-order valence-electron chi connectivity index (χ1n) is 11.7. The molecule has 2 fully saturated rings.